The average Bonchev–Trinajstić information content (AvgIpc) is 2.76. The smallest absolute Gasteiger partial charge is 0.255 e. The van der Waals surface area contributed by atoms with Crippen LogP contribution in [0.5, 0.6) is 0 Å². The first kappa shape index (κ1) is 11.6. The molecule has 92 valence electrons. The van der Waals surface area contributed by atoms with Gasteiger partial charge in [0.25, 0.3) is 5.91 Å². The standard InChI is InChI=1S/C13H11ClN2OS/c1-7-4-5-18-11(7)12-15-10-3-2-8(14)6-9(10)13(17)16-12/h2-6,12,15H,1H3,(H,16,17). The van der Waals surface area contributed by atoms with Crippen molar-refractivity contribution in [3.63, 3.8) is 0 Å². The number of carbonyl (C=O) groups excluding carboxylic acids is 1. The number of hydrogen-bond acceptors (Lipinski definition) is 3. The molecule has 0 fully saturated rings. The van der Waals surface area contributed by atoms with Crippen molar-refractivity contribution in [2.45, 2.75) is 13.1 Å². The Bertz CT molecular complexity index is 623. The Kier molecular flexibility index (Phi) is 2.76. The normalized spacial score (nSPS) is 17.9. The number of nitrogens with one attached hydrogen (secondary N) is 2. The molecule has 1 atom stereocenters. The van der Waals surface area contributed by atoms with Gasteiger partial charge in [0, 0.05) is 15.6 Å². The summed E-state index contributed by atoms with van der Waals surface area (Å²) in [6.45, 7) is 2.04. The Morgan fingerprint density at radius 3 is 2.83 bits per heavy atom. The van der Waals surface area contributed by atoms with E-state index in [0.717, 1.165) is 10.6 Å². The maximum absolute atomic E-state index is 12.0. The van der Waals surface area contributed by atoms with Crippen LogP contribution >= 0.6 is 22.9 Å². The molecule has 1 aliphatic heterocycles. The molecule has 1 aliphatic rings. The third-order valence-electron chi connectivity index (χ3n) is 2.97. The van der Waals surface area contributed by atoms with Crippen LogP contribution in [0.2, 0.25) is 5.02 Å². The van der Waals surface area contributed by atoms with Crippen molar-refractivity contribution >= 4 is 34.5 Å². The van der Waals surface area contributed by atoms with Crippen LogP contribution in [0.1, 0.15) is 27.0 Å². The van der Waals surface area contributed by atoms with Gasteiger partial charge < -0.3 is 10.6 Å². The van der Waals surface area contributed by atoms with Crippen LogP contribution in [-0.2, 0) is 0 Å². The van der Waals surface area contributed by atoms with Crippen molar-refractivity contribution < 1.29 is 4.79 Å². The van der Waals surface area contributed by atoms with Gasteiger partial charge in [0.2, 0.25) is 0 Å². The van der Waals surface area contributed by atoms with Gasteiger partial charge in [-0.15, -0.1) is 11.3 Å². The van der Waals surface area contributed by atoms with Crippen LogP contribution in [0, 0.1) is 6.92 Å². The molecule has 0 bridgehead atoms. The fourth-order valence-corrected chi connectivity index (χ4v) is 3.14. The second-order valence-corrected chi connectivity index (χ2v) is 5.59. The number of carbonyl (C=O) groups is 1. The highest BCUT2D eigenvalue weighted by molar-refractivity contribution is 7.10. The van der Waals surface area contributed by atoms with Crippen molar-refractivity contribution in [1.82, 2.24) is 5.32 Å². The number of thiophene rings is 1. The highest BCUT2D eigenvalue weighted by Crippen LogP contribution is 2.31. The number of halogens is 1. The minimum Gasteiger partial charge on any atom is -0.360 e. The van der Waals surface area contributed by atoms with E-state index in [9.17, 15) is 4.79 Å². The van der Waals surface area contributed by atoms with Gasteiger partial charge in [0.15, 0.2) is 0 Å². The first-order valence-corrected chi connectivity index (χ1v) is 6.82. The topological polar surface area (TPSA) is 41.1 Å². The van der Waals surface area contributed by atoms with Crippen molar-refractivity contribution in [1.29, 1.82) is 0 Å². The van der Waals surface area contributed by atoms with Gasteiger partial charge in [-0.2, -0.15) is 0 Å². The molecule has 0 aliphatic carbocycles. The van der Waals surface area contributed by atoms with E-state index in [0.29, 0.717) is 10.6 Å². The molecule has 0 radical (unpaired) electrons. The summed E-state index contributed by atoms with van der Waals surface area (Å²) in [5.41, 5.74) is 2.59. The summed E-state index contributed by atoms with van der Waals surface area (Å²) in [6.07, 6.45) is -0.161. The van der Waals surface area contributed by atoms with Crippen LogP contribution in [0.4, 0.5) is 5.69 Å². The molecule has 2 heterocycles. The summed E-state index contributed by atoms with van der Waals surface area (Å²) in [7, 11) is 0. The summed E-state index contributed by atoms with van der Waals surface area (Å²) in [5, 5.41) is 8.85. The molecule has 3 rings (SSSR count). The Balaban J connectivity index is 2.00. The van der Waals surface area contributed by atoms with E-state index in [-0.39, 0.29) is 12.1 Å². The summed E-state index contributed by atoms with van der Waals surface area (Å²) < 4.78 is 0. The summed E-state index contributed by atoms with van der Waals surface area (Å²) in [6, 6.07) is 7.35. The van der Waals surface area contributed by atoms with Crippen molar-refractivity contribution in [3.8, 4) is 0 Å². The van der Waals surface area contributed by atoms with Crippen LogP contribution < -0.4 is 10.6 Å². The van der Waals surface area contributed by atoms with E-state index in [1.807, 2.05) is 24.4 Å². The molecule has 1 aromatic carbocycles. The minimum atomic E-state index is -0.161. The number of aryl methyl sites for hydroxylation is 1. The first-order chi connectivity index (χ1) is 8.65. The Labute approximate surface area is 114 Å². The zero-order valence-corrected chi connectivity index (χ0v) is 11.2. The number of rotatable bonds is 1. The highest BCUT2D eigenvalue weighted by atomic mass is 35.5. The van der Waals surface area contributed by atoms with Crippen LogP contribution in [-0.4, -0.2) is 5.91 Å². The molecule has 0 saturated heterocycles. The molecule has 3 nitrogen and oxygen atoms in total. The van der Waals surface area contributed by atoms with E-state index in [2.05, 4.69) is 10.6 Å². The van der Waals surface area contributed by atoms with E-state index in [1.54, 1.807) is 23.5 Å². The van der Waals surface area contributed by atoms with Gasteiger partial charge in [-0.25, -0.2) is 0 Å². The van der Waals surface area contributed by atoms with E-state index in [4.69, 9.17) is 11.6 Å². The Morgan fingerprint density at radius 1 is 1.28 bits per heavy atom. The lowest BCUT2D eigenvalue weighted by Gasteiger charge is -2.27. The van der Waals surface area contributed by atoms with Crippen LogP contribution in [0.3, 0.4) is 0 Å². The summed E-state index contributed by atoms with van der Waals surface area (Å²) >= 11 is 7.53. The minimum absolute atomic E-state index is 0.0935. The fraction of sp³-hybridized carbons (Fsp3) is 0.154. The lowest BCUT2D eigenvalue weighted by Crippen LogP contribution is -2.38. The molecule has 2 aromatic rings. The molecule has 0 spiro atoms. The molecule has 1 aromatic heterocycles. The number of amides is 1. The molecule has 18 heavy (non-hydrogen) atoms. The maximum atomic E-state index is 12.0. The maximum Gasteiger partial charge on any atom is 0.255 e. The Morgan fingerprint density at radius 2 is 2.11 bits per heavy atom. The largest absolute Gasteiger partial charge is 0.360 e. The second kappa shape index (κ2) is 4.30. The van der Waals surface area contributed by atoms with Gasteiger partial charge in [0.05, 0.1) is 5.56 Å². The van der Waals surface area contributed by atoms with Gasteiger partial charge in [-0.05, 0) is 42.1 Å². The molecule has 1 amide bonds. The van der Waals surface area contributed by atoms with Gasteiger partial charge >= 0.3 is 0 Å². The predicted octanol–water partition coefficient (Wildman–Crippen LogP) is 3.56. The average molecular weight is 279 g/mol. The van der Waals surface area contributed by atoms with Gasteiger partial charge in [-0.1, -0.05) is 11.6 Å². The molecular weight excluding hydrogens is 268 g/mol. The van der Waals surface area contributed by atoms with Crippen LogP contribution in [0.15, 0.2) is 29.6 Å². The number of hydrogen-bond donors (Lipinski definition) is 2. The lowest BCUT2D eigenvalue weighted by atomic mass is 10.1. The third-order valence-corrected chi connectivity index (χ3v) is 4.28. The second-order valence-electron chi connectivity index (χ2n) is 4.21. The molecular formula is C13H11ClN2OS. The summed E-state index contributed by atoms with van der Waals surface area (Å²) in [4.78, 5) is 13.2. The quantitative estimate of drug-likeness (QED) is 0.837. The van der Waals surface area contributed by atoms with Crippen molar-refractivity contribution in [2.24, 2.45) is 0 Å². The molecule has 1 unspecified atom stereocenters. The number of benzene rings is 1. The lowest BCUT2D eigenvalue weighted by molar-refractivity contribution is 0.0936. The predicted molar refractivity (Wildman–Crippen MR) is 74.3 cm³/mol. The Hall–Kier alpha value is -1.52. The van der Waals surface area contributed by atoms with Gasteiger partial charge in [0.1, 0.15) is 6.17 Å². The summed E-state index contributed by atoms with van der Waals surface area (Å²) in [5.74, 6) is -0.0935. The van der Waals surface area contributed by atoms with E-state index >= 15 is 0 Å². The number of fused-ring (bicyclic) bond motifs is 1. The zero-order chi connectivity index (χ0) is 12.7. The van der Waals surface area contributed by atoms with Crippen molar-refractivity contribution in [3.05, 3.63) is 50.7 Å². The van der Waals surface area contributed by atoms with Crippen LogP contribution in [0.25, 0.3) is 0 Å². The van der Waals surface area contributed by atoms with E-state index in [1.165, 1.54) is 5.56 Å². The van der Waals surface area contributed by atoms with Crippen molar-refractivity contribution in [2.75, 3.05) is 5.32 Å². The molecule has 0 saturated carbocycles. The van der Waals surface area contributed by atoms with Gasteiger partial charge in [-0.3, -0.25) is 4.79 Å². The third kappa shape index (κ3) is 1.87. The van der Waals surface area contributed by atoms with E-state index < -0.39 is 0 Å². The first-order valence-electron chi connectivity index (χ1n) is 5.56. The fourth-order valence-electron chi connectivity index (χ4n) is 2.04. The monoisotopic (exact) mass is 278 g/mol. The molecule has 2 N–H and O–H groups in total. The number of anilines is 1. The highest BCUT2D eigenvalue weighted by Gasteiger charge is 2.26. The zero-order valence-electron chi connectivity index (χ0n) is 9.66. The SMILES string of the molecule is Cc1ccsc1C1NC(=O)c2cc(Cl)ccc2N1. The molecule has 5 heteroatoms.